The first-order valence-electron chi connectivity index (χ1n) is 10.4. The predicted octanol–water partition coefficient (Wildman–Crippen LogP) is 4.26. The molecule has 3 aromatic rings. The number of aromatic carboxylic acids is 1. The van der Waals surface area contributed by atoms with Gasteiger partial charge in [-0.15, -0.1) is 0 Å². The normalized spacial score (nSPS) is 14.6. The molecule has 4 rings (SSSR count). The molecule has 1 saturated heterocycles. The van der Waals surface area contributed by atoms with E-state index in [2.05, 4.69) is 5.32 Å². The number of nitrogens with one attached hydrogen (secondary N) is 1. The molecule has 0 saturated carbocycles. The van der Waals surface area contributed by atoms with Crippen molar-refractivity contribution in [2.24, 2.45) is 0 Å². The van der Waals surface area contributed by atoms with Crippen LogP contribution in [0.5, 0.6) is 0 Å². The number of carboxylic acids is 1. The molecule has 0 radical (unpaired) electrons. The highest BCUT2D eigenvalue weighted by Crippen LogP contribution is 2.35. The third-order valence-electron chi connectivity index (χ3n) is 5.33. The lowest BCUT2D eigenvalue weighted by Crippen LogP contribution is -2.36. The number of nitrogens with zero attached hydrogens (tertiary/aromatic N) is 1. The number of hydrogen-bond acceptors (Lipinski definition) is 7. The molecule has 3 amide bonds. The van der Waals surface area contributed by atoms with Gasteiger partial charge >= 0.3 is 0 Å². The number of hydrogen-bond donors (Lipinski definition) is 1. The van der Waals surface area contributed by atoms with E-state index in [0.29, 0.717) is 23.0 Å². The van der Waals surface area contributed by atoms with Crippen LogP contribution in [0.25, 0.3) is 17.4 Å². The molecule has 2 heterocycles. The van der Waals surface area contributed by atoms with E-state index in [-0.39, 0.29) is 27.0 Å². The number of furan rings is 1. The van der Waals surface area contributed by atoms with Gasteiger partial charge in [0, 0.05) is 17.3 Å². The number of rotatable bonds is 6. The van der Waals surface area contributed by atoms with Crippen molar-refractivity contribution in [1.82, 2.24) is 4.90 Å². The SMILES string of the molecule is Cc1ccc(NC(=O)CN2C(=O)S/C(=C\c3ccc(-c4cc(C(=O)[O-])ccc4Cl)o3)C2=O)cc1C. The Morgan fingerprint density at radius 3 is 2.57 bits per heavy atom. The zero-order valence-electron chi connectivity index (χ0n) is 18.6. The molecule has 0 atom stereocenters. The second kappa shape index (κ2) is 9.81. The maximum absolute atomic E-state index is 12.8. The monoisotopic (exact) mass is 509 g/mol. The van der Waals surface area contributed by atoms with Gasteiger partial charge in [0.05, 0.1) is 15.9 Å². The molecule has 1 aliphatic heterocycles. The number of imide groups is 1. The topological polar surface area (TPSA) is 120 Å². The Morgan fingerprint density at radius 1 is 1.09 bits per heavy atom. The summed E-state index contributed by atoms with van der Waals surface area (Å²) in [7, 11) is 0. The number of halogens is 1. The molecule has 8 nitrogen and oxygen atoms in total. The minimum Gasteiger partial charge on any atom is -0.545 e. The van der Waals surface area contributed by atoms with Gasteiger partial charge in [-0.3, -0.25) is 19.3 Å². The fourth-order valence-corrected chi connectivity index (χ4v) is 4.37. The van der Waals surface area contributed by atoms with Crippen molar-refractivity contribution < 1.29 is 28.7 Å². The van der Waals surface area contributed by atoms with Gasteiger partial charge in [-0.25, -0.2) is 0 Å². The maximum Gasteiger partial charge on any atom is 0.294 e. The molecule has 0 bridgehead atoms. The van der Waals surface area contributed by atoms with Crippen molar-refractivity contribution >= 4 is 58.1 Å². The Balaban J connectivity index is 1.48. The average Bonchev–Trinajstić information content (AvgIpc) is 3.36. The third kappa shape index (κ3) is 5.31. The van der Waals surface area contributed by atoms with E-state index in [1.54, 1.807) is 18.2 Å². The predicted molar refractivity (Wildman–Crippen MR) is 131 cm³/mol. The van der Waals surface area contributed by atoms with Crippen LogP contribution < -0.4 is 10.4 Å². The minimum atomic E-state index is -1.36. The number of amides is 3. The molecule has 0 unspecified atom stereocenters. The highest BCUT2D eigenvalue weighted by molar-refractivity contribution is 8.18. The van der Waals surface area contributed by atoms with Crippen LogP contribution in [0.3, 0.4) is 0 Å². The Bertz CT molecular complexity index is 1410. The van der Waals surface area contributed by atoms with Crippen LogP contribution in [0.1, 0.15) is 27.2 Å². The molecule has 1 aromatic heterocycles. The van der Waals surface area contributed by atoms with Crippen molar-refractivity contribution in [3.8, 4) is 11.3 Å². The van der Waals surface area contributed by atoms with E-state index >= 15 is 0 Å². The second-order valence-electron chi connectivity index (χ2n) is 7.80. The number of carbonyl (C=O) groups is 4. The van der Waals surface area contributed by atoms with Crippen LogP contribution in [0.15, 0.2) is 57.9 Å². The molecule has 35 heavy (non-hydrogen) atoms. The van der Waals surface area contributed by atoms with Gasteiger partial charge in [0.15, 0.2) is 0 Å². The summed E-state index contributed by atoms with van der Waals surface area (Å²) in [5.74, 6) is -1.95. The Kier molecular flexibility index (Phi) is 6.81. The van der Waals surface area contributed by atoms with E-state index < -0.39 is 29.6 Å². The molecular weight excluding hydrogens is 492 g/mol. The molecule has 1 aliphatic rings. The largest absolute Gasteiger partial charge is 0.545 e. The van der Waals surface area contributed by atoms with Gasteiger partial charge in [0.25, 0.3) is 11.1 Å². The first kappa shape index (κ1) is 24.3. The van der Waals surface area contributed by atoms with Gasteiger partial charge in [-0.05, 0) is 78.7 Å². The van der Waals surface area contributed by atoms with Gasteiger partial charge < -0.3 is 19.6 Å². The summed E-state index contributed by atoms with van der Waals surface area (Å²) < 4.78 is 5.70. The van der Waals surface area contributed by atoms with Gasteiger partial charge in [0.2, 0.25) is 5.91 Å². The van der Waals surface area contributed by atoms with Crippen LogP contribution in [-0.4, -0.2) is 34.5 Å². The lowest BCUT2D eigenvalue weighted by Gasteiger charge is -2.13. The number of benzene rings is 2. The first-order valence-corrected chi connectivity index (χ1v) is 11.6. The number of thioether (sulfide) groups is 1. The standard InChI is InChI=1S/C25H19ClN2O6S/c1-13-3-5-16(9-14(13)2)27-22(29)12-28-23(30)21(35-25(28)33)11-17-6-8-20(34-17)18-10-15(24(31)32)4-7-19(18)26/h3-11H,12H2,1-2H3,(H,27,29)(H,31,32)/p-1/b21-11-. The summed E-state index contributed by atoms with van der Waals surface area (Å²) in [4.78, 5) is 49.6. The quantitative estimate of drug-likeness (QED) is 0.493. The fraction of sp³-hybridized carbons (Fsp3) is 0.120. The van der Waals surface area contributed by atoms with Crippen molar-refractivity contribution in [3.63, 3.8) is 0 Å². The van der Waals surface area contributed by atoms with E-state index in [9.17, 15) is 24.3 Å². The van der Waals surface area contributed by atoms with Crippen LogP contribution in [0.2, 0.25) is 5.02 Å². The first-order chi connectivity index (χ1) is 16.6. The zero-order chi connectivity index (χ0) is 25.3. The van der Waals surface area contributed by atoms with Crippen molar-refractivity contribution in [3.05, 3.63) is 80.9 Å². The molecule has 178 valence electrons. The zero-order valence-corrected chi connectivity index (χ0v) is 20.2. The lowest BCUT2D eigenvalue weighted by atomic mass is 10.1. The summed E-state index contributed by atoms with van der Waals surface area (Å²) in [6.07, 6.45) is 1.38. The Morgan fingerprint density at radius 2 is 1.86 bits per heavy atom. The van der Waals surface area contributed by atoms with E-state index in [0.717, 1.165) is 16.0 Å². The summed E-state index contributed by atoms with van der Waals surface area (Å²) in [5, 5.41) is 13.5. The molecule has 0 spiro atoms. The van der Waals surface area contributed by atoms with Crippen molar-refractivity contribution in [2.75, 3.05) is 11.9 Å². The summed E-state index contributed by atoms with van der Waals surface area (Å²) in [6.45, 7) is 3.44. The number of aryl methyl sites for hydroxylation is 2. The van der Waals surface area contributed by atoms with E-state index in [1.807, 2.05) is 26.0 Å². The van der Waals surface area contributed by atoms with E-state index in [1.165, 1.54) is 24.3 Å². The number of anilines is 1. The summed E-state index contributed by atoms with van der Waals surface area (Å²) >= 11 is 6.85. The third-order valence-corrected chi connectivity index (χ3v) is 6.57. The fourth-order valence-electron chi connectivity index (χ4n) is 3.35. The molecule has 0 aliphatic carbocycles. The molecular formula is C25H18ClN2O6S-. The number of carboxylic acid groups (broad SMARTS) is 1. The highest BCUT2D eigenvalue weighted by atomic mass is 35.5. The molecule has 2 aromatic carbocycles. The Labute approximate surface area is 209 Å². The lowest BCUT2D eigenvalue weighted by molar-refractivity contribution is -0.255. The van der Waals surface area contributed by atoms with Gasteiger partial charge in [-0.1, -0.05) is 23.7 Å². The number of carbonyl (C=O) groups excluding carboxylic acids is 4. The van der Waals surface area contributed by atoms with Crippen LogP contribution in [-0.2, 0) is 9.59 Å². The second-order valence-corrected chi connectivity index (χ2v) is 9.20. The smallest absolute Gasteiger partial charge is 0.294 e. The molecule has 10 heteroatoms. The summed E-state index contributed by atoms with van der Waals surface area (Å²) in [5.41, 5.74) is 2.92. The molecule has 1 N–H and O–H groups in total. The van der Waals surface area contributed by atoms with Crippen LogP contribution in [0, 0.1) is 13.8 Å². The van der Waals surface area contributed by atoms with Crippen LogP contribution in [0.4, 0.5) is 10.5 Å². The highest BCUT2D eigenvalue weighted by Gasteiger charge is 2.36. The Hall–Kier alpha value is -3.82. The van der Waals surface area contributed by atoms with Crippen LogP contribution >= 0.6 is 23.4 Å². The van der Waals surface area contributed by atoms with Gasteiger partial charge in [-0.2, -0.15) is 0 Å². The summed E-state index contributed by atoms with van der Waals surface area (Å²) in [6, 6.07) is 12.6. The maximum atomic E-state index is 12.8. The van der Waals surface area contributed by atoms with Crippen molar-refractivity contribution in [1.29, 1.82) is 0 Å². The minimum absolute atomic E-state index is 0.0671. The van der Waals surface area contributed by atoms with Crippen molar-refractivity contribution in [2.45, 2.75) is 13.8 Å². The average molecular weight is 510 g/mol. The van der Waals surface area contributed by atoms with E-state index in [4.69, 9.17) is 16.0 Å². The molecule has 1 fully saturated rings. The van der Waals surface area contributed by atoms with Gasteiger partial charge in [0.1, 0.15) is 18.1 Å².